The Kier molecular flexibility index (Phi) is 6.57. The first kappa shape index (κ1) is 23.0. The minimum Gasteiger partial charge on any atom is -0.495 e. The van der Waals surface area contributed by atoms with Crippen molar-refractivity contribution in [2.24, 2.45) is 0 Å². The summed E-state index contributed by atoms with van der Waals surface area (Å²) in [6, 6.07) is 11.0. The van der Waals surface area contributed by atoms with Crippen LogP contribution in [0.2, 0.25) is 0 Å². The third-order valence-corrected chi connectivity index (χ3v) is 5.60. The third-order valence-electron chi connectivity index (χ3n) is 5.40. The van der Waals surface area contributed by atoms with Gasteiger partial charge in [-0.2, -0.15) is 0 Å². The average molecular weight is 443 g/mol. The lowest BCUT2D eigenvalue weighted by Gasteiger charge is -2.43. The maximum Gasteiger partial charge on any atom is 0.338 e. The fraction of sp³-hybridized carbons (Fsp3) is 0.417. The Hall–Kier alpha value is -2.64. The number of hydrogen-bond acceptors (Lipinski definition) is 5. The molecular formula is C24H30N2O4S. The van der Waals surface area contributed by atoms with Crippen molar-refractivity contribution in [2.75, 3.05) is 31.0 Å². The van der Waals surface area contributed by atoms with E-state index in [2.05, 4.69) is 44.4 Å². The van der Waals surface area contributed by atoms with Gasteiger partial charge < -0.3 is 24.8 Å². The van der Waals surface area contributed by atoms with Crippen LogP contribution in [0.15, 0.2) is 36.4 Å². The van der Waals surface area contributed by atoms with Crippen LogP contribution in [0.3, 0.4) is 0 Å². The van der Waals surface area contributed by atoms with E-state index in [0.717, 1.165) is 22.5 Å². The SMILES string of the molecule is CCOC(=O)c1ccc(NC(=S)Nc2c(OC)ccc3c2C(C)(C)COC3(C)C)cc1. The van der Waals surface area contributed by atoms with Crippen LogP contribution in [-0.2, 0) is 20.5 Å². The summed E-state index contributed by atoms with van der Waals surface area (Å²) in [6.07, 6.45) is 0. The van der Waals surface area contributed by atoms with Crippen molar-refractivity contribution in [3.8, 4) is 5.75 Å². The van der Waals surface area contributed by atoms with Crippen LogP contribution < -0.4 is 15.4 Å². The lowest BCUT2D eigenvalue weighted by Crippen LogP contribution is -2.41. The molecule has 2 aromatic rings. The smallest absolute Gasteiger partial charge is 0.338 e. The molecule has 7 heteroatoms. The highest BCUT2D eigenvalue weighted by Gasteiger charge is 2.40. The first-order chi connectivity index (χ1) is 14.6. The lowest BCUT2D eigenvalue weighted by molar-refractivity contribution is -0.0585. The molecule has 2 N–H and O–H groups in total. The van der Waals surface area contributed by atoms with E-state index in [9.17, 15) is 4.79 Å². The molecule has 0 saturated heterocycles. The number of ether oxygens (including phenoxy) is 3. The van der Waals surface area contributed by atoms with E-state index < -0.39 is 5.60 Å². The predicted molar refractivity (Wildman–Crippen MR) is 127 cm³/mol. The van der Waals surface area contributed by atoms with Gasteiger partial charge in [0, 0.05) is 11.1 Å². The third kappa shape index (κ3) is 4.83. The Morgan fingerprint density at radius 1 is 1.10 bits per heavy atom. The largest absolute Gasteiger partial charge is 0.495 e. The average Bonchev–Trinajstić information content (AvgIpc) is 2.72. The Morgan fingerprint density at radius 3 is 2.39 bits per heavy atom. The number of methoxy groups -OCH3 is 1. The monoisotopic (exact) mass is 442 g/mol. The number of esters is 1. The predicted octanol–water partition coefficient (Wildman–Crippen LogP) is 5.22. The molecule has 0 fully saturated rings. The van der Waals surface area contributed by atoms with Gasteiger partial charge in [0.25, 0.3) is 0 Å². The zero-order valence-electron chi connectivity index (χ0n) is 18.9. The number of carbonyl (C=O) groups excluding carboxylic acids is 1. The number of fused-ring (bicyclic) bond motifs is 1. The van der Waals surface area contributed by atoms with Gasteiger partial charge in [-0.1, -0.05) is 19.9 Å². The highest BCUT2D eigenvalue weighted by atomic mass is 32.1. The van der Waals surface area contributed by atoms with E-state index in [1.54, 1.807) is 38.3 Å². The molecule has 0 spiro atoms. The maximum absolute atomic E-state index is 11.8. The minimum atomic E-state index is -0.411. The molecule has 0 saturated carbocycles. The van der Waals surface area contributed by atoms with E-state index in [1.165, 1.54) is 0 Å². The lowest BCUT2D eigenvalue weighted by atomic mass is 9.74. The molecule has 0 radical (unpaired) electrons. The molecule has 2 aromatic carbocycles. The number of rotatable bonds is 5. The summed E-state index contributed by atoms with van der Waals surface area (Å²) in [4.78, 5) is 11.8. The van der Waals surface area contributed by atoms with Crippen molar-refractivity contribution in [2.45, 2.75) is 45.6 Å². The molecule has 0 amide bonds. The van der Waals surface area contributed by atoms with Crippen LogP contribution in [0.25, 0.3) is 0 Å². The van der Waals surface area contributed by atoms with Crippen LogP contribution in [-0.4, -0.2) is 31.4 Å². The minimum absolute atomic E-state index is 0.224. The quantitative estimate of drug-likeness (QED) is 0.486. The van der Waals surface area contributed by atoms with Gasteiger partial charge in [0.15, 0.2) is 5.11 Å². The molecule has 0 unspecified atom stereocenters. The van der Waals surface area contributed by atoms with Crippen molar-refractivity contribution < 1.29 is 19.0 Å². The van der Waals surface area contributed by atoms with E-state index in [4.69, 9.17) is 26.4 Å². The fourth-order valence-electron chi connectivity index (χ4n) is 3.77. The molecule has 166 valence electrons. The van der Waals surface area contributed by atoms with Crippen LogP contribution in [0.1, 0.15) is 56.1 Å². The van der Waals surface area contributed by atoms with Crippen LogP contribution in [0.5, 0.6) is 5.75 Å². The van der Waals surface area contributed by atoms with Gasteiger partial charge in [-0.25, -0.2) is 4.79 Å². The Morgan fingerprint density at radius 2 is 1.77 bits per heavy atom. The van der Waals surface area contributed by atoms with Gasteiger partial charge in [0.2, 0.25) is 0 Å². The van der Waals surface area contributed by atoms with E-state index in [1.807, 2.05) is 6.07 Å². The normalized spacial score (nSPS) is 16.1. The fourth-order valence-corrected chi connectivity index (χ4v) is 3.99. The molecule has 0 aliphatic carbocycles. The molecular weight excluding hydrogens is 412 g/mol. The van der Waals surface area contributed by atoms with Crippen LogP contribution in [0, 0.1) is 0 Å². The zero-order chi connectivity index (χ0) is 22.8. The molecule has 6 nitrogen and oxygen atoms in total. The van der Waals surface area contributed by atoms with E-state index in [-0.39, 0.29) is 11.4 Å². The Bertz CT molecular complexity index is 984. The summed E-state index contributed by atoms with van der Waals surface area (Å²) in [5, 5.41) is 6.94. The summed E-state index contributed by atoms with van der Waals surface area (Å²) in [5.41, 5.74) is 3.69. The number of thiocarbonyl (C=S) groups is 1. The van der Waals surface area contributed by atoms with Crippen molar-refractivity contribution in [3.63, 3.8) is 0 Å². The van der Waals surface area contributed by atoms with Gasteiger partial charge in [-0.05, 0) is 74.4 Å². The maximum atomic E-state index is 11.8. The zero-order valence-corrected chi connectivity index (χ0v) is 19.7. The number of hydrogen-bond donors (Lipinski definition) is 2. The number of anilines is 2. The standard InChI is InChI=1S/C24H30N2O4S/c1-7-29-21(27)15-8-10-16(11-9-15)25-22(31)26-20-18(28-6)13-12-17-19(20)23(2,3)14-30-24(17,4)5/h8-13H,7,14H2,1-6H3,(H2,25,26,31). The molecule has 0 atom stereocenters. The second-order valence-electron chi connectivity index (χ2n) is 8.63. The second kappa shape index (κ2) is 8.85. The summed E-state index contributed by atoms with van der Waals surface area (Å²) in [5.74, 6) is 0.369. The second-order valence-corrected chi connectivity index (χ2v) is 9.03. The molecule has 3 rings (SSSR count). The van der Waals surface area contributed by atoms with E-state index in [0.29, 0.717) is 29.6 Å². The number of carbonyl (C=O) groups is 1. The van der Waals surface area contributed by atoms with Gasteiger partial charge in [0.1, 0.15) is 5.75 Å². The van der Waals surface area contributed by atoms with E-state index >= 15 is 0 Å². The van der Waals surface area contributed by atoms with Gasteiger partial charge in [-0.3, -0.25) is 0 Å². The molecule has 1 aliphatic heterocycles. The van der Waals surface area contributed by atoms with Crippen LogP contribution in [0.4, 0.5) is 11.4 Å². The van der Waals surface area contributed by atoms with Crippen molar-refractivity contribution in [1.82, 2.24) is 0 Å². The highest BCUT2D eigenvalue weighted by molar-refractivity contribution is 7.80. The highest BCUT2D eigenvalue weighted by Crippen LogP contribution is 2.47. The summed E-state index contributed by atoms with van der Waals surface area (Å²) in [7, 11) is 1.65. The number of benzene rings is 2. The van der Waals surface area contributed by atoms with Gasteiger partial charge in [-0.15, -0.1) is 0 Å². The first-order valence-corrected chi connectivity index (χ1v) is 10.7. The number of nitrogens with one attached hydrogen (secondary N) is 2. The van der Waals surface area contributed by atoms with Crippen molar-refractivity contribution in [1.29, 1.82) is 0 Å². The Labute approximate surface area is 189 Å². The molecule has 1 aliphatic rings. The Balaban J connectivity index is 1.87. The topological polar surface area (TPSA) is 68.8 Å². The van der Waals surface area contributed by atoms with Gasteiger partial charge in [0.05, 0.1) is 37.2 Å². The molecule has 1 heterocycles. The van der Waals surface area contributed by atoms with Crippen molar-refractivity contribution >= 4 is 34.7 Å². The van der Waals surface area contributed by atoms with Crippen LogP contribution >= 0.6 is 12.2 Å². The molecule has 31 heavy (non-hydrogen) atoms. The summed E-state index contributed by atoms with van der Waals surface area (Å²) in [6.45, 7) is 11.1. The van der Waals surface area contributed by atoms with Gasteiger partial charge >= 0.3 is 5.97 Å². The van der Waals surface area contributed by atoms with Crippen molar-refractivity contribution in [3.05, 3.63) is 53.1 Å². The first-order valence-electron chi connectivity index (χ1n) is 10.3. The summed E-state index contributed by atoms with van der Waals surface area (Å²) < 4.78 is 16.8. The molecule has 0 bridgehead atoms. The summed E-state index contributed by atoms with van der Waals surface area (Å²) >= 11 is 5.59. The molecule has 0 aromatic heterocycles.